The van der Waals surface area contributed by atoms with E-state index in [1.807, 2.05) is 0 Å². The Morgan fingerprint density at radius 3 is 2.83 bits per heavy atom. The van der Waals surface area contributed by atoms with Crippen molar-refractivity contribution in [2.45, 2.75) is 25.3 Å². The number of hydrogen-bond acceptors (Lipinski definition) is 10. The van der Waals surface area contributed by atoms with Crippen LogP contribution in [0.5, 0.6) is 0 Å². The number of amides is 2. The van der Waals surface area contributed by atoms with Gasteiger partial charge in [-0.15, -0.1) is 23.1 Å². The molecule has 0 radical (unpaired) electrons. The summed E-state index contributed by atoms with van der Waals surface area (Å²) < 4.78 is 5.02. The molecule has 13 heteroatoms. The van der Waals surface area contributed by atoms with E-state index in [1.54, 1.807) is 17.2 Å². The molecule has 2 aliphatic heterocycles. The van der Waals surface area contributed by atoms with Crippen LogP contribution in [0.25, 0.3) is 0 Å². The van der Waals surface area contributed by atoms with Crippen LogP contribution < -0.4 is 5.32 Å². The minimum atomic E-state index is -1.24. The molecule has 0 unspecified atom stereocenters. The van der Waals surface area contributed by atoms with Crippen LogP contribution in [0.1, 0.15) is 19.5 Å². The molecule has 11 nitrogen and oxygen atoms in total. The number of rotatable bonds is 8. The van der Waals surface area contributed by atoms with Crippen LogP contribution in [-0.4, -0.2) is 74.8 Å². The van der Waals surface area contributed by atoms with Crippen LogP contribution in [-0.2, 0) is 28.8 Å². The Balaban J connectivity index is 1.69. The number of esters is 1. The number of nitrogens with zero attached hydrogens (tertiary/aromatic N) is 3. The summed E-state index contributed by atoms with van der Waals surface area (Å²) in [5.74, 6) is -2.09. The van der Waals surface area contributed by atoms with E-state index in [2.05, 4.69) is 20.3 Å². The summed E-state index contributed by atoms with van der Waals surface area (Å²) in [5, 5.41) is 16.1. The molecule has 160 valence electrons. The van der Waals surface area contributed by atoms with Crippen molar-refractivity contribution in [3.8, 4) is 0 Å². The Labute approximate surface area is 179 Å². The van der Waals surface area contributed by atoms with Crippen LogP contribution in [0.15, 0.2) is 27.3 Å². The van der Waals surface area contributed by atoms with Crippen molar-refractivity contribution in [2.75, 3.05) is 19.0 Å². The molecular formula is C17H18N4O7S2. The number of β-lactam (4-membered cyclic amide) rings is 1. The third-order valence-electron chi connectivity index (χ3n) is 4.31. The van der Waals surface area contributed by atoms with E-state index >= 15 is 0 Å². The van der Waals surface area contributed by atoms with Gasteiger partial charge < -0.3 is 20.0 Å². The molecular weight excluding hydrogens is 436 g/mol. The van der Waals surface area contributed by atoms with E-state index in [1.165, 1.54) is 35.5 Å². The van der Waals surface area contributed by atoms with Gasteiger partial charge in [0.25, 0.3) is 11.8 Å². The Hall–Kier alpha value is -2.93. The summed E-state index contributed by atoms with van der Waals surface area (Å²) >= 11 is 2.66. The van der Waals surface area contributed by atoms with Gasteiger partial charge in [0.2, 0.25) is 6.61 Å². The minimum Gasteiger partial charge on any atom is -0.479 e. The number of oxime groups is 1. The molecule has 3 heterocycles. The second kappa shape index (κ2) is 9.26. The standard InChI is InChI=1S/C17H18N4O7S2/c1-8-10(3-27-9(2)22)5-30-17-14(16(26)21(8)17)19-15(25)13(11-6-29-7-18-11)20-28-4-12(23)24/h6-7,14,17H,3-5H2,1-2H3,(H,19,25)(H,23,24)/t14-,17-/m1/s1. The highest BCUT2D eigenvalue weighted by molar-refractivity contribution is 8.00. The van der Waals surface area contributed by atoms with Crippen molar-refractivity contribution in [1.29, 1.82) is 0 Å². The van der Waals surface area contributed by atoms with Gasteiger partial charge in [-0.3, -0.25) is 19.3 Å². The average molecular weight is 454 g/mol. The Bertz CT molecular complexity index is 929. The fourth-order valence-electron chi connectivity index (χ4n) is 2.82. The van der Waals surface area contributed by atoms with Gasteiger partial charge in [-0.2, -0.15) is 0 Å². The molecule has 0 spiro atoms. The number of fused-ring (bicyclic) bond motifs is 1. The first-order chi connectivity index (χ1) is 14.3. The van der Waals surface area contributed by atoms with Gasteiger partial charge >= 0.3 is 11.9 Å². The van der Waals surface area contributed by atoms with Gasteiger partial charge in [0.15, 0.2) is 5.71 Å². The molecule has 2 amide bonds. The number of hydrogen-bond donors (Lipinski definition) is 2. The molecule has 1 aromatic heterocycles. The fraction of sp³-hybridized carbons (Fsp3) is 0.412. The number of thiazole rings is 1. The van der Waals surface area contributed by atoms with E-state index < -0.39 is 30.5 Å². The summed E-state index contributed by atoms with van der Waals surface area (Å²) in [6.45, 7) is 2.48. The molecule has 2 aliphatic rings. The van der Waals surface area contributed by atoms with Crippen molar-refractivity contribution in [3.63, 3.8) is 0 Å². The van der Waals surface area contributed by atoms with Crippen molar-refractivity contribution in [3.05, 3.63) is 27.9 Å². The molecule has 0 aromatic carbocycles. The lowest BCUT2D eigenvalue weighted by Crippen LogP contribution is -2.70. The molecule has 2 atom stereocenters. The fourth-order valence-corrected chi connectivity index (χ4v) is 4.80. The van der Waals surface area contributed by atoms with Gasteiger partial charge in [-0.05, 0) is 12.5 Å². The highest BCUT2D eigenvalue weighted by atomic mass is 32.2. The topological polar surface area (TPSA) is 147 Å². The van der Waals surface area contributed by atoms with E-state index in [0.717, 1.165) is 5.57 Å². The number of carboxylic acid groups (broad SMARTS) is 1. The van der Waals surface area contributed by atoms with Crippen molar-refractivity contribution < 1.29 is 33.9 Å². The van der Waals surface area contributed by atoms with Gasteiger partial charge in [0.1, 0.15) is 23.7 Å². The van der Waals surface area contributed by atoms with Crippen LogP contribution in [0, 0.1) is 0 Å². The van der Waals surface area contributed by atoms with E-state index in [0.29, 0.717) is 11.4 Å². The second-order valence-electron chi connectivity index (χ2n) is 6.31. The molecule has 0 saturated carbocycles. The number of nitrogens with one attached hydrogen (secondary N) is 1. The molecule has 3 rings (SSSR count). The maximum Gasteiger partial charge on any atom is 0.344 e. The van der Waals surface area contributed by atoms with Crippen molar-refractivity contribution in [1.82, 2.24) is 15.2 Å². The molecule has 1 aromatic rings. The molecule has 2 N–H and O–H groups in total. The molecule has 1 fully saturated rings. The number of ether oxygens (including phenoxy) is 1. The Morgan fingerprint density at radius 2 is 2.20 bits per heavy atom. The maximum atomic E-state index is 12.7. The lowest BCUT2D eigenvalue weighted by molar-refractivity contribution is -0.145. The summed E-state index contributed by atoms with van der Waals surface area (Å²) in [7, 11) is 0. The van der Waals surface area contributed by atoms with E-state index in [4.69, 9.17) is 9.84 Å². The number of carboxylic acids is 1. The molecule has 30 heavy (non-hydrogen) atoms. The van der Waals surface area contributed by atoms with Crippen molar-refractivity contribution in [2.24, 2.45) is 5.16 Å². The lowest BCUT2D eigenvalue weighted by atomic mass is 10.0. The van der Waals surface area contributed by atoms with E-state index in [-0.39, 0.29) is 29.3 Å². The summed E-state index contributed by atoms with van der Waals surface area (Å²) in [6.07, 6.45) is 0. The number of carbonyl (C=O) groups is 4. The predicted molar refractivity (Wildman–Crippen MR) is 107 cm³/mol. The largest absolute Gasteiger partial charge is 0.479 e. The quantitative estimate of drug-likeness (QED) is 0.243. The second-order valence-corrected chi connectivity index (χ2v) is 8.13. The Morgan fingerprint density at radius 1 is 1.43 bits per heavy atom. The minimum absolute atomic E-state index is 0.114. The average Bonchev–Trinajstić information content (AvgIpc) is 3.21. The van der Waals surface area contributed by atoms with Gasteiger partial charge in [0, 0.05) is 23.8 Å². The van der Waals surface area contributed by atoms with Crippen LogP contribution in [0.3, 0.4) is 0 Å². The zero-order valence-corrected chi connectivity index (χ0v) is 17.6. The third-order valence-corrected chi connectivity index (χ3v) is 6.24. The van der Waals surface area contributed by atoms with Crippen LogP contribution in [0.4, 0.5) is 0 Å². The highest BCUT2D eigenvalue weighted by Gasteiger charge is 2.52. The lowest BCUT2D eigenvalue weighted by Gasteiger charge is -2.50. The van der Waals surface area contributed by atoms with Crippen LogP contribution >= 0.6 is 23.1 Å². The number of aliphatic carboxylic acids is 1. The van der Waals surface area contributed by atoms with Gasteiger partial charge in [-0.25, -0.2) is 9.78 Å². The first kappa shape index (κ1) is 21.8. The number of carbonyl (C=O) groups excluding carboxylic acids is 3. The normalized spacial score (nSPS) is 20.9. The van der Waals surface area contributed by atoms with Gasteiger partial charge in [0.05, 0.1) is 5.51 Å². The zero-order valence-electron chi connectivity index (χ0n) is 16.0. The third kappa shape index (κ3) is 4.62. The number of thioether (sulfide) groups is 1. The Kier molecular flexibility index (Phi) is 6.72. The van der Waals surface area contributed by atoms with Gasteiger partial charge in [-0.1, -0.05) is 5.16 Å². The molecule has 0 bridgehead atoms. The SMILES string of the molecule is CC(=O)OCC1=C(C)N2C(=O)[C@@H](NC(=O)C(=NOCC(=O)O)c3cscn3)[C@H]2SC1. The first-order valence-electron chi connectivity index (χ1n) is 8.67. The summed E-state index contributed by atoms with van der Waals surface area (Å²) in [4.78, 5) is 57.2. The smallest absolute Gasteiger partial charge is 0.344 e. The summed E-state index contributed by atoms with van der Waals surface area (Å²) in [5.41, 5.74) is 3.02. The number of allylic oxidation sites excluding steroid dienone is 1. The van der Waals surface area contributed by atoms with E-state index in [9.17, 15) is 19.2 Å². The zero-order chi connectivity index (χ0) is 21.8. The number of aromatic nitrogens is 1. The summed E-state index contributed by atoms with van der Waals surface area (Å²) in [6, 6.07) is -0.781. The maximum absolute atomic E-state index is 12.7. The van der Waals surface area contributed by atoms with Crippen LogP contribution in [0.2, 0.25) is 0 Å². The molecule has 1 saturated heterocycles. The predicted octanol–water partition coefficient (Wildman–Crippen LogP) is 0.185. The monoisotopic (exact) mass is 454 g/mol. The molecule has 0 aliphatic carbocycles. The first-order valence-corrected chi connectivity index (χ1v) is 10.7. The van der Waals surface area contributed by atoms with Crippen molar-refractivity contribution >= 4 is 52.6 Å². The highest BCUT2D eigenvalue weighted by Crippen LogP contribution is 2.40.